The van der Waals surface area contributed by atoms with Crippen LogP contribution in [-0.2, 0) is 21.2 Å². The molecule has 1 saturated heterocycles. The molecule has 0 unspecified atom stereocenters. The number of hydrogen-bond donors (Lipinski definition) is 0. The number of hydrogen-bond acceptors (Lipinski definition) is 6. The van der Waals surface area contributed by atoms with E-state index >= 15 is 0 Å². The van der Waals surface area contributed by atoms with Gasteiger partial charge in [0.2, 0.25) is 15.9 Å². The third-order valence-corrected chi connectivity index (χ3v) is 5.98. The Bertz CT molecular complexity index is 745. The van der Waals surface area contributed by atoms with Crippen LogP contribution in [0.25, 0.3) is 0 Å². The molecule has 0 aromatic heterocycles. The van der Waals surface area contributed by atoms with Crippen molar-refractivity contribution in [1.29, 1.82) is 0 Å². The monoisotopic (exact) mass is 399 g/mol. The van der Waals surface area contributed by atoms with E-state index < -0.39 is 10.0 Å². The predicted molar refractivity (Wildman–Crippen MR) is 104 cm³/mol. The zero-order valence-corrected chi connectivity index (χ0v) is 17.3. The van der Waals surface area contributed by atoms with Gasteiger partial charge < -0.3 is 19.3 Å². The molecule has 1 aliphatic rings. The molecule has 1 aromatic rings. The lowest BCUT2D eigenvalue weighted by Gasteiger charge is -2.33. The molecule has 0 atom stereocenters. The molecule has 152 valence electrons. The molecule has 1 aliphatic heterocycles. The SMILES string of the molecule is COc1ccc(CCN(CC(=O)N2CCN(C)CC2)S(C)(=O)=O)cc1OC. The first-order valence-corrected chi connectivity index (χ1v) is 10.7. The van der Waals surface area contributed by atoms with E-state index in [9.17, 15) is 13.2 Å². The van der Waals surface area contributed by atoms with Gasteiger partial charge in [0, 0.05) is 32.7 Å². The standard InChI is InChI=1S/C18H29N3O5S/c1-19-9-11-20(12-10-19)18(22)14-21(27(4,23)24)8-7-15-5-6-16(25-2)17(13-15)26-3/h5-6,13H,7-12,14H2,1-4H3. The van der Waals surface area contributed by atoms with Gasteiger partial charge in [0.15, 0.2) is 11.5 Å². The number of methoxy groups -OCH3 is 2. The fourth-order valence-electron chi connectivity index (χ4n) is 2.96. The molecule has 0 N–H and O–H groups in total. The van der Waals surface area contributed by atoms with E-state index in [0.29, 0.717) is 31.0 Å². The van der Waals surface area contributed by atoms with Crippen molar-refractivity contribution in [3.05, 3.63) is 23.8 Å². The number of rotatable bonds is 8. The molecule has 1 fully saturated rings. The van der Waals surface area contributed by atoms with E-state index in [0.717, 1.165) is 24.9 Å². The third kappa shape index (κ3) is 6.08. The Balaban J connectivity index is 2.02. The zero-order valence-electron chi connectivity index (χ0n) is 16.5. The quantitative estimate of drug-likeness (QED) is 0.625. The van der Waals surface area contributed by atoms with E-state index in [1.54, 1.807) is 25.2 Å². The van der Waals surface area contributed by atoms with Crippen LogP contribution in [0.1, 0.15) is 5.56 Å². The summed E-state index contributed by atoms with van der Waals surface area (Å²) in [4.78, 5) is 16.4. The van der Waals surface area contributed by atoms with Gasteiger partial charge in [0.05, 0.1) is 27.0 Å². The van der Waals surface area contributed by atoms with E-state index in [1.807, 2.05) is 19.2 Å². The molecule has 1 amide bonds. The molecule has 9 heteroatoms. The third-order valence-electron chi connectivity index (χ3n) is 4.73. The summed E-state index contributed by atoms with van der Waals surface area (Å²) in [6, 6.07) is 5.47. The molecule has 8 nitrogen and oxygen atoms in total. The zero-order chi connectivity index (χ0) is 20.0. The molecule has 0 radical (unpaired) electrons. The predicted octanol–water partition coefficient (Wildman–Crippen LogP) is 0.282. The number of benzene rings is 1. The number of carbonyl (C=O) groups excluding carboxylic acids is 1. The van der Waals surface area contributed by atoms with Crippen LogP contribution in [-0.4, -0.2) is 95.2 Å². The molecule has 0 aliphatic carbocycles. The lowest BCUT2D eigenvalue weighted by Crippen LogP contribution is -2.50. The molecule has 2 rings (SSSR count). The Morgan fingerprint density at radius 1 is 1.11 bits per heavy atom. The second kappa shape index (κ2) is 9.38. The smallest absolute Gasteiger partial charge is 0.237 e. The van der Waals surface area contributed by atoms with Crippen LogP contribution >= 0.6 is 0 Å². The van der Waals surface area contributed by atoms with Gasteiger partial charge in [-0.15, -0.1) is 0 Å². The maximum atomic E-state index is 12.5. The number of carbonyl (C=O) groups is 1. The van der Waals surface area contributed by atoms with Crippen molar-refractivity contribution in [2.45, 2.75) is 6.42 Å². The number of likely N-dealkylation sites (N-methyl/N-ethyl adjacent to an activating group) is 1. The average molecular weight is 400 g/mol. The molecule has 0 bridgehead atoms. The van der Waals surface area contributed by atoms with Gasteiger partial charge in [-0.1, -0.05) is 6.07 Å². The lowest BCUT2D eigenvalue weighted by molar-refractivity contribution is -0.132. The largest absolute Gasteiger partial charge is 0.493 e. The average Bonchev–Trinajstić information content (AvgIpc) is 2.64. The van der Waals surface area contributed by atoms with Crippen molar-refractivity contribution in [2.75, 3.05) is 66.8 Å². The van der Waals surface area contributed by atoms with E-state index in [-0.39, 0.29) is 19.0 Å². The minimum Gasteiger partial charge on any atom is -0.493 e. The van der Waals surface area contributed by atoms with E-state index in [4.69, 9.17) is 9.47 Å². The first-order valence-electron chi connectivity index (χ1n) is 8.87. The van der Waals surface area contributed by atoms with Gasteiger partial charge in [-0.3, -0.25) is 4.79 Å². The highest BCUT2D eigenvalue weighted by Gasteiger charge is 2.25. The van der Waals surface area contributed by atoms with Crippen molar-refractivity contribution >= 4 is 15.9 Å². The van der Waals surface area contributed by atoms with Crippen molar-refractivity contribution in [2.24, 2.45) is 0 Å². The van der Waals surface area contributed by atoms with Crippen LogP contribution in [0.5, 0.6) is 11.5 Å². The van der Waals surface area contributed by atoms with Crippen LogP contribution in [0.4, 0.5) is 0 Å². The second-order valence-corrected chi connectivity index (χ2v) is 8.70. The van der Waals surface area contributed by atoms with Crippen molar-refractivity contribution in [1.82, 2.24) is 14.1 Å². The first-order chi connectivity index (χ1) is 12.7. The Morgan fingerprint density at radius 2 is 1.74 bits per heavy atom. The van der Waals surface area contributed by atoms with Gasteiger partial charge in [-0.2, -0.15) is 4.31 Å². The lowest BCUT2D eigenvalue weighted by atomic mass is 10.1. The van der Waals surface area contributed by atoms with Gasteiger partial charge in [0.1, 0.15) is 0 Å². The fourth-order valence-corrected chi connectivity index (χ4v) is 3.73. The minimum absolute atomic E-state index is 0.129. The topological polar surface area (TPSA) is 79.4 Å². The van der Waals surface area contributed by atoms with Crippen LogP contribution in [0, 0.1) is 0 Å². The number of nitrogens with zero attached hydrogens (tertiary/aromatic N) is 3. The molecule has 0 saturated carbocycles. The molecule has 0 spiro atoms. The highest BCUT2D eigenvalue weighted by Crippen LogP contribution is 2.27. The first kappa shape index (κ1) is 21.5. The van der Waals surface area contributed by atoms with Gasteiger partial charge in [0.25, 0.3) is 0 Å². The summed E-state index contributed by atoms with van der Waals surface area (Å²) in [5.74, 6) is 1.06. The molecule has 1 heterocycles. The number of piperazine rings is 1. The fraction of sp³-hybridized carbons (Fsp3) is 0.611. The van der Waals surface area contributed by atoms with E-state index in [2.05, 4.69) is 4.90 Å². The number of ether oxygens (including phenoxy) is 2. The highest BCUT2D eigenvalue weighted by atomic mass is 32.2. The molecule has 27 heavy (non-hydrogen) atoms. The normalized spacial score (nSPS) is 15.8. The summed E-state index contributed by atoms with van der Waals surface area (Å²) in [6.07, 6.45) is 1.61. The van der Waals surface area contributed by atoms with Crippen LogP contribution in [0.2, 0.25) is 0 Å². The molecular weight excluding hydrogens is 370 g/mol. The van der Waals surface area contributed by atoms with Gasteiger partial charge in [-0.25, -0.2) is 8.42 Å². The summed E-state index contributed by atoms with van der Waals surface area (Å²) in [6.45, 7) is 2.96. The Labute approximate surface area is 161 Å². The Kier molecular flexibility index (Phi) is 7.46. The minimum atomic E-state index is -3.49. The van der Waals surface area contributed by atoms with E-state index in [1.165, 1.54) is 4.31 Å². The maximum Gasteiger partial charge on any atom is 0.237 e. The van der Waals surface area contributed by atoms with Crippen LogP contribution in [0.15, 0.2) is 18.2 Å². The van der Waals surface area contributed by atoms with Gasteiger partial charge in [-0.05, 0) is 31.2 Å². The summed E-state index contributed by atoms with van der Waals surface area (Å²) in [7, 11) is 1.64. The summed E-state index contributed by atoms with van der Waals surface area (Å²) < 4.78 is 36.0. The summed E-state index contributed by atoms with van der Waals surface area (Å²) in [5.41, 5.74) is 0.911. The summed E-state index contributed by atoms with van der Waals surface area (Å²) in [5, 5.41) is 0. The second-order valence-electron chi connectivity index (χ2n) is 6.72. The molecular formula is C18H29N3O5S. The molecule has 1 aromatic carbocycles. The summed E-state index contributed by atoms with van der Waals surface area (Å²) >= 11 is 0. The number of sulfonamides is 1. The van der Waals surface area contributed by atoms with Crippen LogP contribution in [0.3, 0.4) is 0 Å². The van der Waals surface area contributed by atoms with Crippen molar-refractivity contribution < 1.29 is 22.7 Å². The highest BCUT2D eigenvalue weighted by molar-refractivity contribution is 7.88. The Morgan fingerprint density at radius 3 is 2.30 bits per heavy atom. The Hall–Kier alpha value is -1.84. The van der Waals surface area contributed by atoms with Crippen molar-refractivity contribution in [3.63, 3.8) is 0 Å². The van der Waals surface area contributed by atoms with Gasteiger partial charge >= 0.3 is 0 Å². The van der Waals surface area contributed by atoms with Crippen LogP contribution < -0.4 is 9.47 Å². The number of amides is 1. The maximum absolute atomic E-state index is 12.5. The van der Waals surface area contributed by atoms with Crippen molar-refractivity contribution in [3.8, 4) is 11.5 Å².